The van der Waals surface area contributed by atoms with Crippen molar-refractivity contribution in [2.24, 2.45) is 5.92 Å². The van der Waals surface area contributed by atoms with Gasteiger partial charge in [-0.1, -0.05) is 49.4 Å². The van der Waals surface area contributed by atoms with Crippen LogP contribution in [0.15, 0.2) is 47.5 Å². The minimum Gasteiger partial charge on any atom is -0.342 e. The molecule has 174 valence electrons. The maximum Gasteiger partial charge on any atom is 0.251 e. The summed E-state index contributed by atoms with van der Waals surface area (Å²) in [6.45, 7) is 12.2. The Kier molecular flexibility index (Phi) is 8.40. The van der Waals surface area contributed by atoms with Crippen molar-refractivity contribution < 1.29 is 9.59 Å². The van der Waals surface area contributed by atoms with Crippen LogP contribution in [0.4, 0.5) is 5.13 Å². The fraction of sp³-hybridized carbons (Fsp3) is 0.348. The summed E-state index contributed by atoms with van der Waals surface area (Å²) in [5, 5.41) is 17.6. The Morgan fingerprint density at radius 2 is 2.06 bits per heavy atom. The van der Waals surface area contributed by atoms with Crippen molar-refractivity contribution >= 4 is 40.0 Å². The van der Waals surface area contributed by atoms with E-state index in [2.05, 4.69) is 32.4 Å². The Morgan fingerprint density at radius 1 is 1.27 bits per heavy atom. The van der Waals surface area contributed by atoms with Crippen molar-refractivity contribution in [3.8, 4) is 0 Å². The Bertz CT molecular complexity index is 1140. The van der Waals surface area contributed by atoms with E-state index in [0.29, 0.717) is 28.2 Å². The lowest BCUT2D eigenvalue weighted by Gasteiger charge is -2.22. The van der Waals surface area contributed by atoms with E-state index in [9.17, 15) is 9.59 Å². The summed E-state index contributed by atoms with van der Waals surface area (Å²) in [7, 11) is 0. The van der Waals surface area contributed by atoms with Gasteiger partial charge in [0.1, 0.15) is 0 Å². The van der Waals surface area contributed by atoms with Crippen molar-refractivity contribution in [3.05, 3.63) is 64.9 Å². The van der Waals surface area contributed by atoms with E-state index < -0.39 is 0 Å². The number of allylic oxidation sites excluding steroid dienone is 1. The predicted molar refractivity (Wildman–Crippen MR) is 133 cm³/mol. The van der Waals surface area contributed by atoms with Crippen LogP contribution in [0.1, 0.15) is 47.3 Å². The zero-order chi connectivity index (χ0) is 24.0. The molecule has 0 unspecified atom stereocenters. The normalized spacial score (nSPS) is 11.9. The van der Waals surface area contributed by atoms with Gasteiger partial charge in [0.05, 0.1) is 17.5 Å². The molecule has 0 radical (unpaired) electrons. The smallest absolute Gasteiger partial charge is 0.251 e. The van der Waals surface area contributed by atoms with Gasteiger partial charge in [0.15, 0.2) is 16.1 Å². The van der Waals surface area contributed by atoms with Crippen LogP contribution in [0, 0.1) is 19.8 Å². The first-order valence-electron chi connectivity index (χ1n) is 10.5. The second-order valence-electron chi connectivity index (χ2n) is 7.94. The lowest BCUT2D eigenvalue weighted by molar-refractivity contribution is -0.113. The number of nitrogens with one attached hydrogen (secondary N) is 2. The van der Waals surface area contributed by atoms with Crippen molar-refractivity contribution in [2.45, 2.75) is 45.4 Å². The Balaban J connectivity index is 1.75. The highest BCUT2D eigenvalue weighted by Gasteiger charge is 2.26. The third-order valence-electron chi connectivity index (χ3n) is 4.77. The van der Waals surface area contributed by atoms with Gasteiger partial charge in [0, 0.05) is 17.5 Å². The molecule has 0 aliphatic rings. The molecule has 2 aromatic heterocycles. The highest BCUT2D eigenvalue weighted by Crippen LogP contribution is 2.26. The molecular weight excluding hydrogens is 456 g/mol. The van der Waals surface area contributed by atoms with Gasteiger partial charge in [-0.15, -0.1) is 28.1 Å². The molecule has 0 aliphatic heterocycles. The molecule has 1 aromatic carbocycles. The molecule has 33 heavy (non-hydrogen) atoms. The molecule has 0 saturated heterocycles. The van der Waals surface area contributed by atoms with Crippen LogP contribution in [-0.4, -0.2) is 37.3 Å². The Morgan fingerprint density at radius 3 is 2.70 bits per heavy atom. The topological polar surface area (TPSA) is 102 Å². The largest absolute Gasteiger partial charge is 0.342 e. The van der Waals surface area contributed by atoms with Gasteiger partial charge >= 0.3 is 0 Å². The summed E-state index contributed by atoms with van der Waals surface area (Å²) < 4.78 is 1.89. The Hall–Kier alpha value is -2.98. The molecule has 1 atom stereocenters. The third kappa shape index (κ3) is 6.52. The van der Waals surface area contributed by atoms with Crippen LogP contribution in [0.3, 0.4) is 0 Å². The minimum absolute atomic E-state index is 0.0702. The second kappa shape index (κ2) is 11.2. The molecule has 2 N–H and O–H groups in total. The third-order valence-corrected chi connectivity index (χ3v) is 6.61. The zero-order valence-electron chi connectivity index (χ0n) is 19.2. The van der Waals surface area contributed by atoms with Crippen LogP contribution in [0.5, 0.6) is 0 Å². The number of hydrogen-bond donors (Lipinski definition) is 2. The summed E-state index contributed by atoms with van der Waals surface area (Å²) in [6.07, 6.45) is 1.75. The number of carbonyl (C=O) groups is 2. The SMILES string of the molecule is C=CCn1c(SCC(=O)Nc2nc(C)cs2)nnc1[C@H](NC(=O)c1cccc(C)c1)C(C)C. The van der Waals surface area contributed by atoms with E-state index in [1.807, 2.05) is 55.8 Å². The first-order valence-corrected chi connectivity index (χ1v) is 12.4. The number of aryl methyl sites for hydroxylation is 2. The number of anilines is 1. The average Bonchev–Trinajstić information content (AvgIpc) is 3.36. The summed E-state index contributed by atoms with van der Waals surface area (Å²) in [6, 6.07) is 7.10. The zero-order valence-corrected chi connectivity index (χ0v) is 20.8. The van der Waals surface area contributed by atoms with Crippen LogP contribution < -0.4 is 10.6 Å². The van der Waals surface area contributed by atoms with Crippen LogP contribution in [-0.2, 0) is 11.3 Å². The van der Waals surface area contributed by atoms with Gasteiger partial charge in [0.2, 0.25) is 5.91 Å². The lowest BCUT2D eigenvalue weighted by atomic mass is 10.0. The molecule has 2 amide bonds. The van der Waals surface area contributed by atoms with Gasteiger partial charge in [-0.2, -0.15) is 0 Å². The van der Waals surface area contributed by atoms with Gasteiger partial charge in [-0.05, 0) is 31.9 Å². The van der Waals surface area contributed by atoms with Gasteiger partial charge in [-0.25, -0.2) is 4.98 Å². The summed E-state index contributed by atoms with van der Waals surface area (Å²) in [5.41, 5.74) is 2.48. The predicted octanol–water partition coefficient (Wildman–Crippen LogP) is 4.40. The summed E-state index contributed by atoms with van der Waals surface area (Å²) in [4.78, 5) is 29.5. The van der Waals surface area contributed by atoms with Gasteiger partial charge < -0.3 is 15.2 Å². The van der Waals surface area contributed by atoms with Crippen molar-refractivity contribution in [3.63, 3.8) is 0 Å². The molecule has 10 heteroatoms. The number of aromatic nitrogens is 4. The molecular formula is C23H28N6O2S2. The average molecular weight is 485 g/mol. The molecule has 0 aliphatic carbocycles. The summed E-state index contributed by atoms with van der Waals surface area (Å²) in [5.74, 6) is 0.524. The standard InChI is InChI=1S/C23H28N6O2S2/c1-6-10-29-20(19(14(2)3)26-21(31)17-9-7-8-15(4)11-17)27-28-23(29)33-13-18(30)25-22-24-16(5)12-32-22/h6-9,11-12,14,19H,1,10,13H2,2-5H3,(H,26,31)(H,24,25,30)/t19-/m1/s1. The fourth-order valence-corrected chi connectivity index (χ4v) is 4.63. The molecule has 2 heterocycles. The molecule has 0 saturated carbocycles. The number of thioether (sulfide) groups is 1. The van der Waals surface area contributed by atoms with E-state index in [4.69, 9.17) is 0 Å². The number of nitrogens with zero attached hydrogens (tertiary/aromatic N) is 4. The van der Waals surface area contributed by atoms with E-state index >= 15 is 0 Å². The molecule has 8 nitrogen and oxygen atoms in total. The minimum atomic E-state index is -0.355. The number of amides is 2. The van der Waals surface area contributed by atoms with Crippen LogP contribution in [0.25, 0.3) is 0 Å². The van der Waals surface area contributed by atoms with Gasteiger partial charge in [0.25, 0.3) is 5.91 Å². The first-order chi connectivity index (χ1) is 15.8. The number of carbonyl (C=O) groups excluding carboxylic acids is 2. The lowest BCUT2D eigenvalue weighted by Crippen LogP contribution is -2.34. The number of rotatable bonds is 10. The number of thiazole rings is 1. The van der Waals surface area contributed by atoms with Crippen LogP contribution in [0.2, 0.25) is 0 Å². The van der Waals surface area contributed by atoms with Crippen molar-refractivity contribution in [1.29, 1.82) is 0 Å². The number of benzene rings is 1. The monoisotopic (exact) mass is 484 g/mol. The first kappa shape index (κ1) is 24.7. The van der Waals surface area contributed by atoms with Crippen molar-refractivity contribution in [2.75, 3.05) is 11.1 Å². The van der Waals surface area contributed by atoms with E-state index in [-0.39, 0.29) is 29.5 Å². The second-order valence-corrected chi connectivity index (χ2v) is 9.74. The maximum atomic E-state index is 12.9. The van der Waals surface area contributed by atoms with Gasteiger partial charge in [-0.3, -0.25) is 9.59 Å². The molecule has 3 rings (SSSR count). The molecule has 0 spiro atoms. The molecule has 0 bridgehead atoms. The molecule has 3 aromatic rings. The number of hydrogen-bond acceptors (Lipinski definition) is 7. The fourth-order valence-electron chi connectivity index (χ4n) is 3.17. The summed E-state index contributed by atoms with van der Waals surface area (Å²) >= 11 is 2.67. The van der Waals surface area contributed by atoms with Crippen molar-refractivity contribution in [1.82, 2.24) is 25.1 Å². The molecule has 0 fully saturated rings. The quantitative estimate of drug-likeness (QED) is 0.327. The highest BCUT2D eigenvalue weighted by atomic mass is 32.2. The van der Waals surface area contributed by atoms with E-state index in [1.54, 1.807) is 12.1 Å². The van der Waals surface area contributed by atoms with E-state index in [0.717, 1.165) is 11.3 Å². The van der Waals surface area contributed by atoms with Crippen LogP contribution >= 0.6 is 23.1 Å². The highest BCUT2D eigenvalue weighted by molar-refractivity contribution is 7.99. The Labute approximate surface area is 201 Å². The van der Waals surface area contributed by atoms with E-state index in [1.165, 1.54) is 23.1 Å². The maximum absolute atomic E-state index is 12.9.